The summed E-state index contributed by atoms with van der Waals surface area (Å²) in [4.78, 5) is 23.8. The third-order valence-corrected chi connectivity index (χ3v) is 5.00. The highest BCUT2D eigenvalue weighted by molar-refractivity contribution is 7.99. The van der Waals surface area contributed by atoms with Gasteiger partial charge in [0.2, 0.25) is 5.91 Å². The average molecular weight is 322 g/mol. The molecule has 5 nitrogen and oxygen atoms in total. The Morgan fingerprint density at radius 3 is 2.41 bits per heavy atom. The number of amides is 1. The van der Waals surface area contributed by atoms with Gasteiger partial charge in [0.1, 0.15) is 0 Å². The lowest BCUT2D eigenvalue weighted by Crippen LogP contribution is -2.56. The number of carbonyl (C=O) groups excluding carboxylic acids is 2. The maximum absolute atomic E-state index is 12.4. The Hall–Kier alpha value is -1.53. The van der Waals surface area contributed by atoms with Crippen LogP contribution in [0.4, 0.5) is 0 Å². The molecular formula is C16H22N2O3S. The number of thioether (sulfide) groups is 1. The smallest absolute Gasteiger partial charge is 0.337 e. The summed E-state index contributed by atoms with van der Waals surface area (Å²) in [5.41, 5.74) is 6.88. The van der Waals surface area contributed by atoms with Crippen LogP contribution >= 0.6 is 11.8 Å². The molecule has 0 spiro atoms. The molecule has 0 aliphatic carbocycles. The van der Waals surface area contributed by atoms with Crippen LogP contribution in [-0.4, -0.2) is 36.0 Å². The Morgan fingerprint density at radius 1 is 1.27 bits per heavy atom. The molecule has 0 aromatic heterocycles. The number of nitrogens with one attached hydrogen (secondary N) is 1. The highest BCUT2D eigenvalue weighted by Crippen LogP contribution is 2.26. The van der Waals surface area contributed by atoms with Gasteiger partial charge in [-0.1, -0.05) is 12.1 Å². The van der Waals surface area contributed by atoms with E-state index in [0.29, 0.717) is 18.4 Å². The van der Waals surface area contributed by atoms with Crippen molar-refractivity contribution in [3.63, 3.8) is 0 Å². The van der Waals surface area contributed by atoms with Crippen molar-refractivity contribution in [2.75, 3.05) is 18.6 Å². The van der Waals surface area contributed by atoms with E-state index in [-0.39, 0.29) is 17.9 Å². The highest BCUT2D eigenvalue weighted by atomic mass is 32.2. The van der Waals surface area contributed by atoms with E-state index in [0.717, 1.165) is 17.1 Å². The van der Waals surface area contributed by atoms with Gasteiger partial charge in [-0.15, -0.1) is 0 Å². The van der Waals surface area contributed by atoms with Crippen LogP contribution in [0, 0.1) is 0 Å². The van der Waals surface area contributed by atoms with Crippen molar-refractivity contribution in [3.05, 3.63) is 35.4 Å². The molecule has 0 saturated carbocycles. The van der Waals surface area contributed by atoms with Crippen molar-refractivity contribution in [2.45, 2.75) is 31.3 Å². The van der Waals surface area contributed by atoms with E-state index in [1.54, 1.807) is 12.1 Å². The molecule has 120 valence electrons. The lowest BCUT2D eigenvalue weighted by atomic mass is 9.92. The largest absolute Gasteiger partial charge is 0.465 e. The van der Waals surface area contributed by atoms with E-state index in [9.17, 15) is 9.59 Å². The van der Waals surface area contributed by atoms with Crippen LogP contribution < -0.4 is 11.1 Å². The van der Waals surface area contributed by atoms with Crippen molar-refractivity contribution in [3.8, 4) is 0 Å². The first kappa shape index (κ1) is 16.8. The zero-order valence-electron chi connectivity index (χ0n) is 12.9. The summed E-state index contributed by atoms with van der Waals surface area (Å²) in [6.07, 6.45) is 1.41. The van der Waals surface area contributed by atoms with Gasteiger partial charge in [0.15, 0.2) is 0 Å². The van der Waals surface area contributed by atoms with Crippen LogP contribution in [0.15, 0.2) is 24.3 Å². The molecule has 1 aromatic carbocycles. The Kier molecular flexibility index (Phi) is 5.47. The SMILES string of the molecule is COC(=O)c1ccc([C@H](C)NC(=O)C2(N)CCSCC2)cc1. The van der Waals surface area contributed by atoms with E-state index in [1.165, 1.54) is 7.11 Å². The van der Waals surface area contributed by atoms with Crippen molar-refractivity contribution >= 4 is 23.6 Å². The molecule has 1 fully saturated rings. The molecule has 1 aromatic rings. The minimum atomic E-state index is -0.758. The number of ether oxygens (including phenoxy) is 1. The van der Waals surface area contributed by atoms with Gasteiger partial charge >= 0.3 is 5.97 Å². The fourth-order valence-corrected chi connectivity index (χ4v) is 3.63. The predicted octanol–water partition coefficient (Wildman–Crippen LogP) is 1.87. The normalized spacial score (nSPS) is 18.3. The Balaban J connectivity index is 2.00. The molecule has 1 atom stereocenters. The van der Waals surface area contributed by atoms with Gasteiger partial charge in [0.05, 0.1) is 24.3 Å². The number of rotatable bonds is 4. The van der Waals surface area contributed by atoms with Crippen LogP contribution in [0.5, 0.6) is 0 Å². The standard InChI is InChI=1S/C16H22N2O3S/c1-11(12-3-5-13(6-4-12)14(19)21-2)18-15(20)16(17)7-9-22-10-8-16/h3-6,11H,7-10,17H2,1-2H3,(H,18,20)/t11-/m0/s1. The molecule has 2 rings (SSSR count). The van der Waals surface area contributed by atoms with E-state index in [1.807, 2.05) is 30.8 Å². The summed E-state index contributed by atoms with van der Waals surface area (Å²) >= 11 is 1.83. The van der Waals surface area contributed by atoms with Gasteiger partial charge in [0, 0.05) is 0 Å². The summed E-state index contributed by atoms with van der Waals surface area (Å²) in [7, 11) is 1.35. The zero-order chi connectivity index (χ0) is 16.2. The second kappa shape index (κ2) is 7.15. The van der Waals surface area contributed by atoms with Crippen LogP contribution in [0.1, 0.15) is 41.7 Å². The summed E-state index contributed by atoms with van der Waals surface area (Å²) in [5, 5.41) is 2.98. The molecule has 0 radical (unpaired) electrons. The first-order chi connectivity index (χ1) is 10.5. The molecule has 0 unspecified atom stereocenters. The molecule has 3 N–H and O–H groups in total. The second-order valence-electron chi connectivity index (χ2n) is 5.58. The Morgan fingerprint density at radius 2 is 1.86 bits per heavy atom. The van der Waals surface area contributed by atoms with Crippen molar-refractivity contribution < 1.29 is 14.3 Å². The molecule has 1 aliphatic heterocycles. The lowest BCUT2D eigenvalue weighted by Gasteiger charge is -2.32. The lowest BCUT2D eigenvalue weighted by molar-refractivity contribution is -0.127. The summed E-state index contributed by atoms with van der Waals surface area (Å²) < 4.78 is 4.67. The molecular weight excluding hydrogens is 300 g/mol. The number of hydrogen-bond acceptors (Lipinski definition) is 5. The fourth-order valence-electron chi connectivity index (χ4n) is 2.41. The Labute approximate surface area is 135 Å². The first-order valence-electron chi connectivity index (χ1n) is 7.32. The van der Waals surface area contributed by atoms with E-state index < -0.39 is 5.54 Å². The molecule has 6 heteroatoms. The van der Waals surface area contributed by atoms with Crippen molar-refractivity contribution in [1.82, 2.24) is 5.32 Å². The first-order valence-corrected chi connectivity index (χ1v) is 8.47. The third-order valence-electron chi connectivity index (χ3n) is 4.02. The monoisotopic (exact) mass is 322 g/mol. The van der Waals surface area contributed by atoms with Gasteiger partial charge in [-0.3, -0.25) is 4.79 Å². The van der Waals surface area contributed by atoms with Gasteiger partial charge in [0.25, 0.3) is 0 Å². The minimum absolute atomic E-state index is 0.0997. The Bertz CT molecular complexity index is 539. The minimum Gasteiger partial charge on any atom is -0.465 e. The zero-order valence-corrected chi connectivity index (χ0v) is 13.7. The van der Waals surface area contributed by atoms with Crippen LogP contribution in [0.2, 0.25) is 0 Å². The molecule has 1 amide bonds. The maximum atomic E-state index is 12.4. The molecule has 1 saturated heterocycles. The third kappa shape index (κ3) is 3.81. The fraction of sp³-hybridized carbons (Fsp3) is 0.500. The average Bonchev–Trinajstić information content (AvgIpc) is 2.54. The van der Waals surface area contributed by atoms with Gasteiger partial charge in [-0.05, 0) is 49.0 Å². The van der Waals surface area contributed by atoms with E-state index in [4.69, 9.17) is 5.73 Å². The number of hydrogen-bond donors (Lipinski definition) is 2. The quantitative estimate of drug-likeness (QED) is 0.827. The number of carbonyl (C=O) groups is 2. The molecule has 0 bridgehead atoms. The number of benzene rings is 1. The topological polar surface area (TPSA) is 81.4 Å². The molecule has 22 heavy (non-hydrogen) atoms. The van der Waals surface area contributed by atoms with E-state index >= 15 is 0 Å². The van der Waals surface area contributed by atoms with Gasteiger partial charge in [-0.2, -0.15) is 11.8 Å². The predicted molar refractivity (Wildman–Crippen MR) is 87.8 cm³/mol. The van der Waals surface area contributed by atoms with Crippen LogP contribution in [0.3, 0.4) is 0 Å². The van der Waals surface area contributed by atoms with Crippen molar-refractivity contribution in [1.29, 1.82) is 0 Å². The van der Waals surface area contributed by atoms with Gasteiger partial charge < -0.3 is 15.8 Å². The maximum Gasteiger partial charge on any atom is 0.337 e. The summed E-state index contributed by atoms with van der Waals surface area (Å²) in [6.45, 7) is 1.91. The summed E-state index contributed by atoms with van der Waals surface area (Å²) in [6, 6.07) is 6.86. The molecule has 1 heterocycles. The van der Waals surface area contributed by atoms with Gasteiger partial charge in [-0.25, -0.2) is 4.79 Å². The highest BCUT2D eigenvalue weighted by Gasteiger charge is 2.36. The number of methoxy groups -OCH3 is 1. The van der Waals surface area contributed by atoms with E-state index in [2.05, 4.69) is 10.1 Å². The summed E-state index contributed by atoms with van der Waals surface area (Å²) in [5.74, 6) is 1.37. The second-order valence-corrected chi connectivity index (χ2v) is 6.80. The number of esters is 1. The van der Waals surface area contributed by atoms with Crippen LogP contribution in [0.25, 0.3) is 0 Å². The van der Waals surface area contributed by atoms with Crippen LogP contribution in [-0.2, 0) is 9.53 Å². The van der Waals surface area contributed by atoms with Crippen molar-refractivity contribution in [2.24, 2.45) is 5.73 Å². The molecule has 1 aliphatic rings. The number of nitrogens with two attached hydrogens (primary N) is 1.